The molecule has 0 bridgehead atoms. The van der Waals surface area contributed by atoms with Crippen LogP contribution >= 0.6 is 0 Å². The van der Waals surface area contributed by atoms with Gasteiger partial charge in [-0.2, -0.15) is 0 Å². The van der Waals surface area contributed by atoms with Gasteiger partial charge in [-0.1, -0.05) is 0 Å². The SMILES string of the molecule is CC(=O)N(C)C1CCN(c2nc3c(cc2F)c(=O)c(C(=O)O)cn3CCF)C1. The van der Waals surface area contributed by atoms with Crippen LogP contribution in [-0.2, 0) is 11.3 Å². The first kappa shape index (κ1) is 19.7. The zero-order valence-corrected chi connectivity index (χ0v) is 15.5. The van der Waals surface area contributed by atoms with Gasteiger partial charge in [-0.15, -0.1) is 0 Å². The van der Waals surface area contributed by atoms with Gasteiger partial charge in [0.25, 0.3) is 0 Å². The molecule has 0 spiro atoms. The van der Waals surface area contributed by atoms with Crippen molar-refractivity contribution < 1.29 is 23.5 Å². The van der Waals surface area contributed by atoms with Crippen molar-refractivity contribution in [3.05, 3.63) is 33.9 Å². The molecule has 1 saturated heterocycles. The Morgan fingerprint density at radius 3 is 2.75 bits per heavy atom. The number of halogens is 2. The maximum atomic E-state index is 14.7. The number of pyridine rings is 2. The summed E-state index contributed by atoms with van der Waals surface area (Å²) in [6.45, 7) is 1.25. The van der Waals surface area contributed by atoms with E-state index in [1.807, 2.05) is 0 Å². The van der Waals surface area contributed by atoms with E-state index < -0.39 is 29.5 Å². The van der Waals surface area contributed by atoms with E-state index in [4.69, 9.17) is 0 Å². The summed E-state index contributed by atoms with van der Waals surface area (Å²) in [5.74, 6) is -2.36. The Morgan fingerprint density at radius 1 is 1.43 bits per heavy atom. The summed E-state index contributed by atoms with van der Waals surface area (Å²) in [6, 6.07) is 0.847. The van der Waals surface area contributed by atoms with Crippen LogP contribution in [0.5, 0.6) is 0 Å². The van der Waals surface area contributed by atoms with Crippen molar-refractivity contribution in [2.24, 2.45) is 0 Å². The molecular formula is C18H20F2N4O4. The van der Waals surface area contributed by atoms with Gasteiger partial charge in [-0.3, -0.25) is 9.59 Å². The number of carbonyl (C=O) groups excluding carboxylic acids is 1. The molecule has 8 nitrogen and oxygen atoms in total. The van der Waals surface area contributed by atoms with Crippen molar-refractivity contribution in [1.82, 2.24) is 14.5 Å². The minimum atomic E-state index is -1.47. The van der Waals surface area contributed by atoms with Crippen LogP contribution < -0.4 is 10.3 Å². The number of aromatic nitrogens is 2. The van der Waals surface area contributed by atoms with Gasteiger partial charge in [0, 0.05) is 33.3 Å². The number of aryl methyl sites for hydroxylation is 1. The van der Waals surface area contributed by atoms with E-state index in [0.717, 1.165) is 12.3 Å². The molecule has 3 rings (SSSR count). The molecule has 1 atom stereocenters. The fourth-order valence-corrected chi connectivity index (χ4v) is 3.42. The number of anilines is 1. The highest BCUT2D eigenvalue weighted by atomic mass is 19.1. The van der Waals surface area contributed by atoms with E-state index in [2.05, 4.69) is 4.98 Å². The van der Waals surface area contributed by atoms with Crippen LogP contribution in [0.25, 0.3) is 11.0 Å². The highest BCUT2D eigenvalue weighted by Crippen LogP contribution is 2.26. The third-order valence-corrected chi connectivity index (χ3v) is 5.05. The number of aromatic carboxylic acids is 1. The molecule has 1 amide bonds. The van der Waals surface area contributed by atoms with Gasteiger partial charge < -0.3 is 19.5 Å². The first-order chi connectivity index (χ1) is 13.2. The number of likely N-dealkylation sites (N-methyl/N-ethyl adjacent to an activating group) is 1. The number of hydrogen-bond donors (Lipinski definition) is 1. The Balaban J connectivity index is 2.09. The minimum Gasteiger partial charge on any atom is -0.477 e. The van der Waals surface area contributed by atoms with Gasteiger partial charge in [-0.25, -0.2) is 18.6 Å². The van der Waals surface area contributed by atoms with Crippen LogP contribution in [0.15, 0.2) is 17.1 Å². The zero-order valence-electron chi connectivity index (χ0n) is 15.5. The van der Waals surface area contributed by atoms with Crippen molar-refractivity contribution in [3.63, 3.8) is 0 Å². The molecule has 2 aromatic heterocycles. The van der Waals surface area contributed by atoms with Crippen LogP contribution in [0.4, 0.5) is 14.6 Å². The van der Waals surface area contributed by atoms with Crippen LogP contribution in [0.1, 0.15) is 23.7 Å². The molecular weight excluding hydrogens is 374 g/mol. The maximum Gasteiger partial charge on any atom is 0.341 e. The van der Waals surface area contributed by atoms with E-state index in [9.17, 15) is 28.3 Å². The van der Waals surface area contributed by atoms with Crippen molar-refractivity contribution >= 4 is 28.7 Å². The lowest BCUT2D eigenvalue weighted by Crippen LogP contribution is -2.37. The summed E-state index contributed by atoms with van der Waals surface area (Å²) in [5, 5.41) is 8.96. The number of rotatable bonds is 5. The quantitative estimate of drug-likeness (QED) is 0.820. The molecule has 2 aromatic rings. The number of carboxylic acids is 1. The van der Waals surface area contributed by atoms with Gasteiger partial charge in [-0.05, 0) is 12.5 Å². The number of alkyl halides is 1. The van der Waals surface area contributed by atoms with Crippen LogP contribution in [-0.4, -0.2) is 64.3 Å². The van der Waals surface area contributed by atoms with Gasteiger partial charge in [0.15, 0.2) is 11.6 Å². The molecule has 1 fully saturated rings. The lowest BCUT2D eigenvalue weighted by molar-refractivity contribution is -0.129. The number of nitrogens with zero attached hydrogens (tertiary/aromatic N) is 4. The molecule has 1 aliphatic heterocycles. The lowest BCUT2D eigenvalue weighted by Gasteiger charge is -2.24. The predicted molar refractivity (Wildman–Crippen MR) is 98.0 cm³/mol. The molecule has 150 valence electrons. The van der Waals surface area contributed by atoms with Crippen molar-refractivity contribution in [2.75, 3.05) is 31.7 Å². The van der Waals surface area contributed by atoms with Crippen molar-refractivity contribution in [2.45, 2.75) is 25.9 Å². The van der Waals surface area contributed by atoms with E-state index in [1.165, 1.54) is 11.5 Å². The molecule has 0 saturated carbocycles. The van der Waals surface area contributed by atoms with E-state index in [-0.39, 0.29) is 35.3 Å². The molecule has 0 radical (unpaired) electrons. The first-order valence-electron chi connectivity index (χ1n) is 8.76. The Hall–Kier alpha value is -3.04. The second-order valence-electron chi connectivity index (χ2n) is 6.74. The summed E-state index contributed by atoms with van der Waals surface area (Å²) >= 11 is 0. The van der Waals surface area contributed by atoms with Gasteiger partial charge in [0.2, 0.25) is 11.3 Å². The van der Waals surface area contributed by atoms with Crippen LogP contribution in [0.3, 0.4) is 0 Å². The summed E-state index contributed by atoms with van der Waals surface area (Å²) in [7, 11) is 1.67. The normalized spacial score (nSPS) is 16.6. The number of hydrogen-bond acceptors (Lipinski definition) is 5. The molecule has 0 aromatic carbocycles. The Bertz CT molecular complexity index is 1010. The van der Waals surface area contributed by atoms with Crippen molar-refractivity contribution in [3.8, 4) is 0 Å². The van der Waals surface area contributed by atoms with E-state index >= 15 is 0 Å². The van der Waals surface area contributed by atoms with Gasteiger partial charge >= 0.3 is 5.97 Å². The Kier molecular flexibility index (Phi) is 5.30. The first-order valence-corrected chi connectivity index (χ1v) is 8.76. The Labute approximate surface area is 159 Å². The van der Waals surface area contributed by atoms with Gasteiger partial charge in [0.1, 0.15) is 17.9 Å². The molecule has 0 aliphatic carbocycles. The highest BCUT2D eigenvalue weighted by molar-refractivity contribution is 5.92. The van der Waals surface area contributed by atoms with Crippen LogP contribution in [0, 0.1) is 5.82 Å². The topological polar surface area (TPSA) is 95.7 Å². The average molecular weight is 394 g/mol. The third kappa shape index (κ3) is 3.41. The average Bonchev–Trinajstić information content (AvgIpc) is 3.12. The summed E-state index contributed by atoms with van der Waals surface area (Å²) in [6.07, 6.45) is 1.65. The third-order valence-electron chi connectivity index (χ3n) is 5.05. The predicted octanol–water partition coefficient (Wildman–Crippen LogP) is 1.26. The Morgan fingerprint density at radius 2 is 2.14 bits per heavy atom. The number of fused-ring (bicyclic) bond motifs is 1. The second kappa shape index (κ2) is 7.53. The number of amides is 1. The number of carbonyl (C=O) groups is 2. The molecule has 10 heteroatoms. The largest absolute Gasteiger partial charge is 0.477 e. The van der Waals surface area contributed by atoms with E-state index in [0.29, 0.717) is 19.5 Å². The summed E-state index contributed by atoms with van der Waals surface area (Å²) < 4.78 is 28.9. The summed E-state index contributed by atoms with van der Waals surface area (Å²) in [4.78, 5) is 42.7. The highest BCUT2D eigenvalue weighted by Gasteiger charge is 2.30. The number of carboxylic acid groups (broad SMARTS) is 1. The van der Waals surface area contributed by atoms with Crippen molar-refractivity contribution in [1.29, 1.82) is 0 Å². The molecule has 1 unspecified atom stereocenters. The zero-order chi connectivity index (χ0) is 20.6. The molecule has 28 heavy (non-hydrogen) atoms. The summed E-state index contributed by atoms with van der Waals surface area (Å²) in [5.41, 5.74) is -1.42. The van der Waals surface area contributed by atoms with E-state index in [1.54, 1.807) is 16.8 Å². The monoisotopic (exact) mass is 394 g/mol. The second-order valence-corrected chi connectivity index (χ2v) is 6.74. The lowest BCUT2D eigenvalue weighted by atomic mass is 10.2. The molecule has 3 heterocycles. The maximum absolute atomic E-state index is 14.7. The minimum absolute atomic E-state index is 0.0120. The standard InChI is InChI=1S/C18H20F2N4O4/c1-10(25)22(2)11-3-5-23(8-11)17-14(20)7-12-15(26)13(18(27)28)9-24(6-4-19)16(12)21-17/h7,9,11H,3-6,8H2,1-2H3,(H,27,28). The fraction of sp³-hybridized carbons (Fsp3) is 0.444. The fourth-order valence-electron chi connectivity index (χ4n) is 3.42. The van der Waals surface area contributed by atoms with Crippen LogP contribution in [0.2, 0.25) is 0 Å². The smallest absolute Gasteiger partial charge is 0.341 e. The van der Waals surface area contributed by atoms with Gasteiger partial charge in [0.05, 0.1) is 18.0 Å². The molecule has 1 N–H and O–H groups in total. The molecule has 1 aliphatic rings.